The van der Waals surface area contributed by atoms with Crippen molar-refractivity contribution in [3.8, 4) is 11.1 Å². The number of ether oxygens (including phenoxy) is 1. The van der Waals surface area contributed by atoms with Crippen LogP contribution < -0.4 is 10.6 Å². The van der Waals surface area contributed by atoms with Crippen molar-refractivity contribution in [2.45, 2.75) is 69.4 Å². The van der Waals surface area contributed by atoms with Gasteiger partial charge in [-0.25, -0.2) is 4.79 Å². The van der Waals surface area contributed by atoms with Crippen molar-refractivity contribution >= 4 is 18.0 Å². The number of alkyl carbamates (subject to hydrolysis) is 1. The first-order chi connectivity index (χ1) is 16.9. The van der Waals surface area contributed by atoms with Gasteiger partial charge in [0.1, 0.15) is 12.6 Å². The third-order valence-corrected chi connectivity index (χ3v) is 7.95. The Morgan fingerprint density at radius 2 is 1.54 bits per heavy atom. The van der Waals surface area contributed by atoms with E-state index in [2.05, 4.69) is 22.8 Å². The van der Waals surface area contributed by atoms with Crippen LogP contribution in [0.4, 0.5) is 4.79 Å². The van der Waals surface area contributed by atoms with E-state index >= 15 is 0 Å². The number of nitrogens with one attached hydrogen (secondary N) is 2. The Balaban J connectivity index is 1.18. The van der Waals surface area contributed by atoms with Crippen molar-refractivity contribution in [1.82, 2.24) is 10.6 Å². The molecule has 35 heavy (non-hydrogen) atoms. The minimum Gasteiger partial charge on any atom is -0.481 e. The minimum absolute atomic E-state index is 0.0428. The third-order valence-electron chi connectivity index (χ3n) is 7.95. The number of carboxylic acid groups (broad SMARTS) is 1. The summed E-state index contributed by atoms with van der Waals surface area (Å²) in [5.41, 5.74) is 4.76. The molecule has 2 saturated carbocycles. The lowest BCUT2D eigenvalue weighted by atomic mass is 9.58. The summed E-state index contributed by atoms with van der Waals surface area (Å²) in [6.07, 6.45) is 6.76. The number of carboxylic acids is 1. The Morgan fingerprint density at radius 3 is 2.14 bits per heavy atom. The summed E-state index contributed by atoms with van der Waals surface area (Å²) in [5.74, 6) is -1.72. The standard InChI is InChI=1S/C28H32N2O5/c31-25(32)14-24(26(33)29-18-15-28(16-18)12-6-1-7-13-28)30-27(34)35-17-23-21-10-4-2-8-19(21)20-9-3-5-11-22(20)23/h2-5,8-11,18,23-24H,1,6-7,12-17H2,(H,29,33)(H,30,34)(H,31,32). The largest absolute Gasteiger partial charge is 0.481 e. The van der Waals surface area contributed by atoms with Gasteiger partial charge in [-0.15, -0.1) is 0 Å². The summed E-state index contributed by atoms with van der Waals surface area (Å²) in [4.78, 5) is 36.8. The van der Waals surface area contributed by atoms with Gasteiger partial charge in [-0.3, -0.25) is 9.59 Å². The van der Waals surface area contributed by atoms with E-state index < -0.39 is 30.4 Å². The van der Waals surface area contributed by atoms with Crippen LogP contribution in [0.3, 0.4) is 0 Å². The highest BCUT2D eigenvalue weighted by Gasteiger charge is 2.45. The van der Waals surface area contributed by atoms with Gasteiger partial charge in [-0.2, -0.15) is 0 Å². The maximum Gasteiger partial charge on any atom is 0.407 e. The second kappa shape index (κ2) is 9.72. The summed E-state index contributed by atoms with van der Waals surface area (Å²) >= 11 is 0. The van der Waals surface area contributed by atoms with E-state index in [1.807, 2.05) is 36.4 Å². The molecule has 0 saturated heterocycles. The van der Waals surface area contributed by atoms with Crippen LogP contribution in [0.5, 0.6) is 0 Å². The summed E-state index contributed by atoms with van der Waals surface area (Å²) in [5, 5.41) is 14.7. The molecule has 0 aliphatic heterocycles. The summed E-state index contributed by atoms with van der Waals surface area (Å²) in [7, 11) is 0. The molecule has 1 spiro atoms. The molecule has 2 amide bonds. The summed E-state index contributed by atoms with van der Waals surface area (Å²) in [6.45, 7) is 0.104. The van der Waals surface area contributed by atoms with Gasteiger partial charge in [0.05, 0.1) is 6.42 Å². The number of benzene rings is 2. The SMILES string of the molecule is O=C(O)CC(NC(=O)OCC1c2ccccc2-c2ccccc21)C(=O)NC1CC2(CCCCC2)C1. The zero-order chi connectivity index (χ0) is 24.4. The van der Waals surface area contributed by atoms with Gasteiger partial charge in [0.25, 0.3) is 0 Å². The fourth-order valence-corrected chi connectivity index (χ4v) is 6.27. The Kier molecular flexibility index (Phi) is 6.50. The number of hydrogen-bond donors (Lipinski definition) is 3. The molecule has 3 N–H and O–H groups in total. The molecule has 2 fully saturated rings. The van der Waals surface area contributed by atoms with Gasteiger partial charge in [0.15, 0.2) is 0 Å². The zero-order valence-corrected chi connectivity index (χ0v) is 19.8. The maximum atomic E-state index is 12.8. The van der Waals surface area contributed by atoms with E-state index in [-0.39, 0.29) is 18.6 Å². The molecule has 0 heterocycles. The van der Waals surface area contributed by atoms with Crippen molar-refractivity contribution in [3.05, 3.63) is 59.7 Å². The normalized spacial score (nSPS) is 19.2. The van der Waals surface area contributed by atoms with Crippen molar-refractivity contribution in [3.63, 3.8) is 0 Å². The van der Waals surface area contributed by atoms with Crippen LogP contribution in [0.1, 0.15) is 68.4 Å². The smallest absolute Gasteiger partial charge is 0.407 e. The third kappa shape index (κ3) is 4.90. The molecule has 184 valence electrons. The lowest BCUT2D eigenvalue weighted by molar-refractivity contribution is -0.140. The van der Waals surface area contributed by atoms with Crippen LogP contribution in [0.15, 0.2) is 48.5 Å². The fourth-order valence-electron chi connectivity index (χ4n) is 6.27. The Labute approximate surface area is 205 Å². The highest BCUT2D eigenvalue weighted by molar-refractivity contribution is 5.89. The van der Waals surface area contributed by atoms with Crippen LogP contribution in [0.25, 0.3) is 11.1 Å². The number of fused-ring (bicyclic) bond motifs is 3. The Hall–Kier alpha value is -3.35. The highest BCUT2D eigenvalue weighted by Crippen LogP contribution is 2.51. The molecule has 3 aliphatic rings. The molecule has 5 rings (SSSR count). The molecular formula is C28H32N2O5. The quantitative estimate of drug-likeness (QED) is 0.542. The van der Waals surface area contributed by atoms with Crippen LogP contribution in [-0.2, 0) is 14.3 Å². The average molecular weight is 477 g/mol. The van der Waals surface area contributed by atoms with Crippen LogP contribution in [-0.4, -0.2) is 41.8 Å². The number of carbonyl (C=O) groups is 3. The minimum atomic E-state index is -1.17. The van der Waals surface area contributed by atoms with Gasteiger partial charge in [0, 0.05) is 12.0 Å². The summed E-state index contributed by atoms with van der Waals surface area (Å²) < 4.78 is 5.51. The zero-order valence-electron chi connectivity index (χ0n) is 19.8. The molecule has 3 aliphatic carbocycles. The molecule has 2 aromatic rings. The lowest BCUT2D eigenvalue weighted by Gasteiger charge is -2.50. The van der Waals surface area contributed by atoms with E-state index in [0.29, 0.717) is 5.41 Å². The average Bonchev–Trinajstić information content (AvgIpc) is 3.15. The highest BCUT2D eigenvalue weighted by atomic mass is 16.5. The number of carbonyl (C=O) groups excluding carboxylic acids is 2. The van der Waals surface area contributed by atoms with E-state index in [1.54, 1.807) is 0 Å². The number of aliphatic carboxylic acids is 1. The predicted molar refractivity (Wildman–Crippen MR) is 131 cm³/mol. The molecule has 2 aromatic carbocycles. The maximum absolute atomic E-state index is 12.8. The lowest BCUT2D eigenvalue weighted by Crippen LogP contribution is -2.56. The van der Waals surface area contributed by atoms with Crippen LogP contribution in [0, 0.1) is 5.41 Å². The van der Waals surface area contributed by atoms with Gasteiger partial charge in [-0.1, -0.05) is 67.8 Å². The fraction of sp³-hybridized carbons (Fsp3) is 0.464. The number of hydrogen-bond acceptors (Lipinski definition) is 4. The molecule has 1 atom stereocenters. The molecule has 0 bridgehead atoms. The first-order valence-electron chi connectivity index (χ1n) is 12.6. The van der Waals surface area contributed by atoms with E-state index in [1.165, 1.54) is 32.1 Å². The second-order valence-electron chi connectivity index (χ2n) is 10.3. The van der Waals surface area contributed by atoms with E-state index in [0.717, 1.165) is 35.1 Å². The molecular weight excluding hydrogens is 444 g/mol. The molecule has 0 radical (unpaired) electrons. The Morgan fingerprint density at radius 1 is 0.943 bits per heavy atom. The Bertz CT molecular complexity index is 1070. The van der Waals surface area contributed by atoms with E-state index in [9.17, 15) is 19.5 Å². The van der Waals surface area contributed by atoms with Gasteiger partial charge in [0.2, 0.25) is 5.91 Å². The van der Waals surface area contributed by atoms with Crippen LogP contribution >= 0.6 is 0 Å². The van der Waals surface area contributed by atoms with Crippen molar-refractivity contribution in [2.24, 2.45) is 5.41 Å². The summed E-state index contributed by atoms with van der Waals surface area (Å²) in [6, 6.07) is 14.9. The van der Waals surface area contributed by atoms with Gasteiger partial charge >= 0.3 is 12.1 Å². The van der Waals surface area contributed by atoms with Gasteiger partial charge in [-0.05, 0) is 53.4 Å². The van der Waals surface area contributed by atoms with Crippen molar-refractivity contribution in [2.75, 3.05) is 6.61 Å². The number of amides is 2. The van der Waals surface area contributed by atoms with E-state index in [4.69, 9.17) is 4.74 Å². The number of rotatable bonds is 7. The molecule has 0 aromatic heterocycles. The first-order valence-corrected chi connectivity index (χ1v) is 12.6. The topological polar surface area (TPSA) is 105 Å². The van der Waals surface area contributed by atoms with Gasteiger partial charge < -0.3 is 20.5 Å². The molecule has 7 nitrogen and oxygen atoms in total. The molecule has 1 unspecified atom stereocenters. The van der Waals surface area contributed by atoms with Crippen LogP contribution in [0.2, 0.25) is 0 Å². The molecule has 7 heteroatoms. The predicted octanol–water partition coefficient (Wildman–Crippen LogP) is 4.60. The second-order valence-corrected chi connectivity index (χ2v) is 10.3. The van der Waals surface area contributed by atoms with Crippen molar-refractivity contribution in [1.29, 1.82) is 0 Å². The van der Waals surface area contributed by atoms with Crippen molar-refractivity contribution < 1.29 is 24.2 Å². The monoisotopic (exact) mass is 476 g/mol. The first kappa shape index (κ1) is 23.4.